The van der Waals surface area contributed by atoms with Gasteiger partial charge in [-0.2, -0.15) is 0 Å². The molecule has 0 amide bonds. The van der Waals surface area contributed by atoms with Gasteiger partial charge in [0.15, 0.2) is 0 Å². The molecule has 0 aliphatic carbocycles. The minimum atomic E-state index is -0.859. The molecule has 0 heterocycles. The summed E-state index contributed by atoms with van der Waals surface area (Å²) in [6.07, 6.45) is 7.77. The minimum Gasteiger partial charge on any atom is -0.480 e. The molecule has 21 heavy (non-hydrogen) atoms. The second-order valence-electron chi connectivity index (χ2n) is 6.57. The first kappa shape index (κ1) is 20.4. The molecule has 4 heteroatoms. The van der Waals surface area contributed by atoms with Crippen molar-refractivity contribution in [3.8, 4) is 0 Å². The summed E-state index contributed by atoms with van der Waals surface area (Å²) >= 11 is 0. The number of hydrogen-bond donors (Lipinski definition) is 2. The lowest BCUT2D eigenvalue weighted by Gasteiger charge is -2.28. The first-order valence-corrected chi connectivity index (χ1v) is 8.44. The smallest absolute Gasteiger partial charge is 0.323 e. The van der Waals surface area contributed by atoms with Gasteiger partial charge in [0.05, 0.1) is 6.10 Å². The molecule has 2 N–H and O–H groups in total. The maximum Gasteiger partial charge on any atom is 0.323 e. The first-order chi connectivity index (χ1) is 9.81. The van der Waals surface area contributed by atoms with Crippen molar-refractivity contribution >= 4 is 5.97 Å². The van der Waals surface area contributed by atoms with E-state index in [-0.39, 0.29) is 12.1 Å². The average Bonchev–Trinajstić information content (AvgIpc) is 2.39. The van der Waals surface area contributed by atoms with E-state index < -0.39 is 11.5 Å². The van der Waals surface area contributed by atoms with Crippen LogP contribution in [0.3, 0.4) is 0 Å². The van der Waals surface area contributed by atoms with Gasteiger partial charge in [0.25, 0.3) is 0 Å². The van der Waals surface area contributed by atoms with E-state index in [1.807, 2.05) is 13.8 Å². The second-order valence-corrected chi connectivity index (χ2v) is 6.57. The van der Waals surface area contributed by atoms with E-state index in [9.17, 15) is 9.90 Å². The van der Waals surface area contributed by atoms with Gasteiger partial charge in [-0.25, -0.2) is 0 Å². The number of carbonyl (C=O) groups is 1. The molecule has 0 aromatic heterocycles. The molecule has 0 saturated heterocycles. The van der Waals surface area contributed by atoms with Crippen molar-refractivity contribution in [1.82, 2.24) is 5.32 Å². The Morgan fingerprint density at radius 1 is 1.19 bits per heavy atom. The molecule has 0 saturated carbocycles. The predicted molar refractivity (Wildman–Crippen MR) is 87.7 cm³/mol. The van der Waals surface area contributed by atoms with Crippen molar-refractivity contribution in [3.05, 3.63) is 0 Å². The third kappa shape index (κ3) is 9.86. The van der Waals surface area contributed by atoms with Gasteiger partial charge in [-0.3, -0.25) is 10.1 Å². The van der Waals surface area contributed by atoms with Gasteiger partial charge in [0, 0.05) is 12.6 Å². The van der Waals surface area contributed by atoms with Gasteiger partial charge in [-0.1, -0.05) is 32.6 Å². The zero-order chi connectivity index (χ0) is 16.3. The molecule has 0 aromatic carbocycles. The molecule has 2 unspecified atom stereocenters. The van der Waals surface area contributed by atoms with Gasteiger partial charge in [0.1, 0.15) is 5.54 Å². The van der Waals surface area contributed by atoms with Gasteiger partial charge >= 0.3 is 5.97 Å². The SMILES string of the molecule is CCCCCCC(C)OCCCC(C)(NC(C)C)C(=O)O. The van der Waals surface area contributed by atoms with E-state index in [0.717, 1.165) is 12.8 Å². The summed E-state index contributed by atoms with van der Waals surface area (Å²) in [5.74, 6) is -0.788. The zero-order valence-electron chi connectivity index (χ0n) is 14.6. The van der Waals surface area contributed by atoms with Crippen LogP contribution in [0.1, 0.15) is 79.6 Å². The summed E-state index contributed by atoms with van der Waals surface area (Å²) in [5.41, 5.74) is -0.859. The van der Waals surface area contributed by atoms with Crippen molar-refractivity contribution < 1.29 is 14.6 Å². The number of aliphatic carboxylic acids is 1. The number of nitrogens with one attached hydrogen (secondary N) is 1. The number of carboxylic acid groups (broad SMARTS) is 1. The topological polar surface area (TPSA) is 58.6 Å². The van der Waals surface area contributed by atoms with E-state index in [4.69, 9.17) is 4.74 Å². The molecule has 4 nitrogen and oxygen atoms in total. The lowest BCUT2D eigenvalue weighted by Crippen LogP contribution is -2.52. The van der Waals surface area contributed by atoms with Crippen LogP contribution in [0.4, 0.5) is 0 Å². The third-order valence-electron chi connectivity index (χ3n) is 3.77. The number of ether oxygens (including phenoxy) is 1. The number of hydrogen-bond acceptors (Lipinski definition) is 3. The standard InChI is InChI=1S/C17H35NO3/c1-6-7-8-9-11-15(4)21-13-10-12-17(5,16(19)20)18-14(2)3/h14-15,18H,6-13H2,1-5H3,(H,19,20). The second kappa shape index (κ2) is 11.0. The van der Waals surface area contributed by atoms with Crippen LogP contribution in [0.5, 0.6) is 0 Å². The van der Waals surface area contributed by atoms with E-state index in [1.165, 1.54) is 25.7 Å². The molecule has 0 aliphatic heterocycles. The van der Waals surface area contributed by atoms with E-state index in [0.29, 0.717) is 13.0 Å². The molecule has 0 bridgehead atoms. The summed E-state index contributed by atoms with van der Waals surface area (Å²) < 4.78 is 5.78. The van der Waals surface area contributed by atoms with Gasteiger partial charge < -0.3 is 9.84 Å². The van der Waals surface area contributed by atoms with Gasteiger partial charge in [0.2, 0.25) is 0 Å². The molecular weight excluding hydrogens is 266 g/mol. The highest BCUT2D eigenvalue weighted by molar-refractivity contribution is 5.78. The monoisotopic (exact) mass is 301 g/mol. The van der Waals surface area contributed by atoms with Crippen LogP contribution < -0.4 is 5.32 Å². The fourth-order valence-corrected chi connectivity index (χ4v) is 2.53. The van der Waals surface area contributed by atoms with E-state index in [2.05, 4.69) is 19.2 Å². The molecule has 0 radical (unpaired) electrons. The summed E-state index contributed by atoms with van der Waals surface area (Å²) in [6.45, 7) is 10.6. The minimum absolute atomic E-state index is 0.157. The largest absolute Gasteiger partial charge is 0.480 e. The Hall–Kier alpha value is -0.610. The Bertz CT molecular complexity index is 281. The molecule has 0 rings (SSSR count). The highest BCUT2D eigenvalue weighted by atomic mass is 16.5. The Labute approximate surface area is 130 Å². The Balaban J connectivity index is 3.87. The van der Waals surface area contributed by atoms with Crippen molar-refractivity contribution in [2.24, 2.45) is 0 Å². The van der Waals surface area contributed by atoms with E-state index in [1.54, 1.807) is 6.92 Å². The summed E-state index contributed by atoms with van der Waals surface area (Å²) in [6, 6.07) is 0.157. The van der Waals surface area contributed by atoms with Crippen molar-refractivity contribution in [3.63, 3.8) is 0 Å². The molecule has 0 fully saturated rings. The molecule has 126 valence electrons. The summed E-state index contributed by atoms with van der Waals surface area (Å²) in [7, 11) is 0. The van der Waals surface area contributed by atoms with Crippen LogP contribution in [0.2, 0.25) is 0 Å². The van der Waals surface area contributed by atoms with Crippen LogP contribution in [0.15, 0.2) is 0 Å². The number of rotatable bonds is 13. The lowest BCUT2D eigenvalue weighted by molar-refractivity contribution is -0.145. The maximum absolute atomic E-state index is 11.4. The quantitative estimate of drug-likeness (QED) is 0.505. The fraction of sp³-hybridized carbons (Fsp3) is 0.941. The summed E-state index contributed by atoms with van der Waals surface area (Å²) in [5, 5.41) is 12.5. The van der Waals surface area contributed by atoms with E-state index >= 15 is 0 Å². The lowest BCUT2D eigenvalue weighted by atomic mass is 9.95. The van der Waals surface area contributed by atoms with Crippen molar-refractivity contribution in [1.29, 1.82) is 0 Å². The van der Waals surface area contributed by atoms with Crippen molar-refractivity contribution in [2.75, 3.05) is 6.61 Å². The van der Waals surface area contributed by atoms with Gasteiger partial charge in [-0.05, 0) is 47.0 Å². The van der Waals surface area contributed by atoms with Crippen LogP contribution in [0, 0.1) is 0 Å². The van der Waals surface area contributed by atoms with Crippen LogP contribution in [0.25, 0.3) is 0 Å². The first-order valence-electron chi connectivity index (χ1n) is 8.44. The van der Waals surface area contributed by atoms with Crippen LogP contribution in [-0.4, -0.2) is 35.4 Å². The Kier molecular flexibility index (Phi) is 10.7. The highest BCUT2D eigenvalue weighted by Crippen LogP contribution is 2.15. The maximum atomic E-state index is 11.4. The number of unbranched alkanes of at least 4 members (excludes halogenated alkanes) is 3. The molecule has 2 atom stereocenters. The summed E-state index contributed by atoms with van der Waals surface area (Å²) in [4.78, 5) is 11.4. The highest BCUT2D eigenvalue weighted by Gasteiger charge is 2.32. The normalized spacial score (nSPS) is 15.9. The third-order valence-corrected chi connectivity index (χ3v) is 3.77. The Morgan fingerprint density at radius 3 is 2.38 bits per heavy atom. The zero-order valence-corrected chi connectivity index (χ0v) is 14.6. The average molecular weight is 301 g/mol. The molecular formula is C17H35NO3. The fourth-order valence-electron chi connectivity index (χ4n) is 2.53. The molecule has 0 aliphatic rings. The van der Waals surface area contributed by atoms with Crippen LogP contribution in [-0.2, 0) is 9.53 Å². The molecule has 0 spiro atoms. The Morgan fingerprint density at radius 2 is 1.86 bits per heavy atom. The molecule has 0 aromatic rings. The van der Waals surface area contributed by atoms with Crippen molar-refractivity contribution in [2.45, 2.75) is 97.2 Å². The predicted octanol–water partition coefficient (Wildman–Crippen LogP) is 3.98. The van der Waals surface area contributed by atoms with Crippen LogP contribution >= 0.6 is 0 Å². The van der Waals surface area contributed by atoms with Gasteiger partial charge in [-0.15, -0.1) is 0 Å². The number of carboxylic acids is 1.